The fourth-order valence-corrected chi connectivity index (χ4v) is 2.56. The van der Waals surface area contributed by atoms with Crippen molar-refractivity contribution in [2.45, 2.75) is 6.04 Å². The molecule has 3 rings (SSSR count). The van der Waals surface area contributed by atoms with Gasteiger partial charge < -0.3 is 10.2 Å². The van der Waals surface area contributed by atoms with Gasteiger partial charge in [-0.2, -0.15) is 0 Å². The minimum Gasteiger partial charge on any atom is -0.353 e. The Bertz CT molecular complexity index is 451. The normalized spacial score (nSPS) is 24.6. The summed E-state index contributed by atoms with van der Waals surface area (Å²) in [7, 11) is 0. The van der Waals surface area contributed by atoms with E-state index in [9.17, 15) is 4.79 Å². The number of aromatic nitrogens is 2. The number of hydrogen-bond acceptors (Lipinski definition) is 5. The molecule has 0 bridgehead atoms. The fourth-order valence-electron chi connectivity index (χ4n) is 2.46. The van der Waals surface area contributed by atoms with Crippen LogP contribution in [0.15, 0.2) is 12.1 Å². The quantitative estimate of drug-likeness (QED) is 0.760. The van der Waals surface area contributed by atoms with Crippen LogP contribution in [-0.4, -0.2) is 59.8 Å². The van der Waals surface area contributed by atoms with E-state index >= 15 is 0 Å². The van der Waals surface area contributed by atoms with Crippen molar-refractivity contribution < 1.29 is 4.79 Å². The fraction of sp³-hybridized carbons (Fsp3) is 0.545. The van der Waals surface area contributed by atoms with Crippen LogP contribution in [0.2, 0.25) is 5.15 Å². The smallest absolute Gasteiger partial charge is 0.239 e. The highest BCUT2D eigenvalue weighted by molar-refractivity contribution is 6.29. The van der Waals surface area contributed by atoms with Crippen LogP contribution in [0.25, 0.3) is 0 Å². The van der Waals surface area contributed by atoms with Crippen molar-refractivity contribution >= 4 is 23.3 Å². The SMILES string of the molecule is O=C1NCCN2CCN(c3ccc(Cl)nn3)C[C@H]12. The molecule has 1 amide bonds. The lowest BCUT2D eigenvalue weighted by Crippen LogP contribution is -2.64. The second-order valence-corrected chi connectivity index (χ2v) is 4.89. The number of nitrogens with zero attached hydrogens (tertiary/aromatic N) is 4. The van der Waals surface area contributed by atoms with Gasteiger partial charge in [0, 0.05) is 32.7 Å². The first kappa shape index (κ1) is 11.7. The van der Waals surface area contributed by atoms with Gasteiger partial charge in [-0.05, 0) is 12.1 Å². The highest BCUT2D eigenvalue weighted by atomic mass is 35.5. The van der Waals surface area contributed by atoms with Gasteiger partial charge in [0.2, 0.25) is 5.91 Å². The molecule has 0 spiro atoms. The number of carbonyl (C=O) groups excluding carboxylic acids is 1. The van der Waals surface area contributed by atoms with Gasteiger partial charge in [0.05, 0.1) is 0 Å². The number of carbonyl (C=O) groups is 1. The number of hydrogen-bond donors (Lipinski definition) is 1. The summed E-state index contributed by atoms with van der Waals surface area (Å²) in [5, 5.41) is 11.2. The largest absolute Gasteiger partial charge is 0.353 e. The minimum absolute atomic E-state index is 0.0787. The predicted molar refractivity (Wildman–Crippen MR) is 67.6 cm³/mol. The number of piperazine rings is 2. The minimum atomic E-state index is -0.0787. The third kappa shape index (κ3) is 2.13. The summed E-state index contributed by atoms with van der Waals surface area (Å²) in [4.78, 5) is 16.1. The highest BCUT2D eigenvalue weighted by Crippen LogP contribution is 2.18. The molecule has 1 aromatic rings. The van der Waals surface area contributed by atoms with Gasteiger partial charge in [0.1, 0.15) is 6.04 Å². The van der Waals surface area contributed by atoms with Gasteiger partial charge >= 0.3 is 0 Å². The lowest BCUT2D eigenvalue weighted by molar-refractivity contribution is -0.129. The molecule has 2 aliphatic heterocycles. The third-order valence-electron chi connectivity index (χ3n) is 3.43. The van der Waals surface area contributed by atoms with Gasteiger partial charge in [-0.1, -0.05) is 11.6 Å². The molecular formula is C11H14ClN5O. The Morgan fingerprint density at radius 3 is 2.94 bits per heavy atom. The van der Waals surface area contributed by atoms with Crippen molar-refractivity contribution in [3.8, 4) is 0 Å². The first-order valence-electron chi connectivity index (χ1n) is 6.00. The van der Waals surface area contributed by atoms with E-state index in [0.717, 1.165) is 32.0 Å². The molecule has 0 aromatic carbocycles. The molecule has 1 N–H and O–H groups in total. The number of amides is 1. The van der Waals surface area contributed by atoms with Gasteiger partial charge in [-0.3, -0.25) is 9.69 Å². The second kappa shape index (κ2) is 4.70. The molecular weight excluding hydrogens is 254 g/mol. The van der Waals surface area contributed by atoms with Gasteiger partial charge in [0.15, 0.2) is 11.0 Å². The summed E-state index contributed by atoms with van der Waals surface area (Å²) in [6.07, 6.45) is 0. The first-order chi connectivity index (χ1) is 8.74. The highest BCUT2D eigenvalue weighted by Gasteiger charge is 2.35. The summed E-state index contributed by atoms with van der Waals surface area (Å²) in [5.74, 6) is 0.880. The maximum absolute atomic E-state index is 11.8. The summed E-state index contributed by atoms with van der Waals surface area (Å²) in [6.45, 7) is 4.07. The molecule has 1 aromatic heterocycles. The first-order valence-corrected chi connectivity index (χ1v) is 6.38. The zero-order chi connectivity index (χ0) is 12.5. The van der Waals surface area contributed by atoms with Crippen molar-refractivity contribution in [3.05, 3.63) is 17.3 Å². The summed E-state index contributed by atoms with van der Waals surface area (Å²) >= 11 is 5.72. The molecule has 0 radical (unpaired) electrons. The van der Waals surface area contributed by atoms with Gasteiger partial charge in [-0.15, -0.1) is 10.2 Å². The van der Waals surface area contributed by atoms with Crippen LogP contribution in [0, 0.1) is 0 Å². The standard InChI is InChI=1S/C11H14ClN5O/c12-9-1-2-10(15-14-9)17-6-5-16-4-3-13-11(18)8(16)7-17/h1-2,8H,3-7H2,(H,13,18)/t8-/m1/s1. The van der Waals surface area contributed by atoms with E-state index in [1.165, 1.54) is 0 Å². The van der Waals surface area contributed by atoms with Crippen LogP contribution in [-0.2, 0) is 4.79 Å². The molecule has 2 aliphatic rings. The maximum Gasteiger partial charge on any atom is 0.239 e. The number of fused-ring (bicyclic) bond motifs is 1. The van der Waals surface area contributed by atoms with E-state index < -0.39 is 0 Å². The van der Waals surface area contributed by atoms with E-state index in [0.29, 0.717) is 11.7 Å². The average Bonchev–Trinajstić information content (AvgIpc) is 2.40. The lowest BCUT2D eigenvalue weighted by atomic mass is 10.1. The zero-order valence-electron chi connectivity index (χ0n) is 9.84. The number of rotatable bonds is 1. The second-order valence-electron chi connectivity index (χ2n) is 4.50. The third-order valence-corrected chi connectivity index (χ3v) is 3.64. The van der Waals surface area contributed by atoms with E-state index in [-0.39, 0.29) is 11.9 Å². The van der Waals surface area contributed by atoms with Crippen molar-refractivity contribution in [2.75, 3.05) is 37.6 Å². The Balaban J connectivity index is 1.76. The van der Waals surface area contributed by atoms with Crippen molar-refractivity contribution in [3.63, 3.8) is 0 Å². The van der Waals surface area contributed by atoms with Crippen LogP contribution in [0.5, 0.6) is 0 Å². The Morgan fingerprint density at radius 1 is 1.28 bits per heavy atom. The molecule has 96 valence electrons. The lowest BCUT2D eigenvalue weighted by Gasteiger charge is -2.43. The van der Waals surface area contributed by atoms with E-state index in [4.69, 9.17) is 11.6 Å². The van der Waals surface area contributed by atoms with Crippen LogP contribution < -0.4 is 10.2 Å². The van der Waals surface area contributed by atoms with Crippen LogP contribution in [0.1, 0.15) is 0 Å². The monoisotopic (exact) mass is 267 g/mol. The molecule has 0 aliphatic carbocycles. The Hall–Kier alpha value is -1.40. The van der Waals surface area contributed by atoms with Crippen LogP contribution in [0.4, 0.5) is 5.82 Å². The Kier molecular flexibility index (Phi) is 3.05. The zero-order valence-corrected chi connectivity index (χ0v) is 10.6. The van der Waals surface area contributed by atoms with E-state index in [1.807, 2.05) is 6.07 Å². The molecule has 0 saturated carbocycles. The molecule has 6 nitrogen and oxygen atoms in total. The molecule has 3 heterocycles. The summed E-state index contributed by atoms with van der Waals surface area (Å²) < 4.78 is 0. The number of halogens is 1. The predicted octanol–water partition coefficient (Wildman–Crippen LogP) is -0.250. The number of anilines is 1. The molecule has 18 heavy (non-hydrogen) atoms. The molecule has 1 atom stereocenters. The Labute approximate surface area is 110 Å². The van der Waals surface area contributed by atoms with Crippen molar-refractivity contribution in [1.82, 2.24) is 20.4 Å². The van der Waals surface area contributed by atoms with E-state index in [2.05, 4.69) is 25.3 Å². The molecule has 2 fully saturated rings. The van der Waals surface area contributed by atoms with Crippen LogP contribution in [0.3, 0.4) is 0 Å². The maximum atomic E-state index is 11.8. The molecule has 7 heteroatoms. The average molecular weight is 268 g/mol. The van der Waals surface area contributed by atoms with Crippen LogP contribution >= 0.6 is 11.6 Å². The summed E-state index contributed by atoms with van der Waals surface area (Å²) in [5.41, 5.74) is 0. The summed E-state index contributed by atoms with van der Waals surface area (Å²) in [6, 6.07) is 3.48. The Morgan fingerprint density at radius 2 is 2.17 bits per heavy atom. The van der Waals surface area contributed by atoms with E-state index in [1.54, 1.807) is 6.07 Å². The van der Waals surface area contributed by atoms with Gasteiger partial charge in [-0.25, -0.2) is 0 Å². The topological polar surface area (TPSA) is 61.4 Å². The molecule has 2 saturated heterocycles. The van der Waals surface area contributed by atoms with Crippen molar-refractivity contribution in [1.29, 1.82) is 0 Å². The molecule has 0 unspecified atom stereocenters. The van der Waals surface area contributed by atoms with Gasteiger partial charge in [0.25, 0.3) is 0 Å². The van der Waals surface area contributed by atoms with Crippen molar-refractivity contribution in [2.24, 2.45) is 0 Å². The number of nitrogens with one attached hydrogen (secondary N) is 1.